The predicted molar refractivity (Wildman–Crippen MR) is 75.3 cm³/mol. The molecule has 1 aromatic rings. The lowest BCUT2D eigenvalue weighted by atomic mass is 10.1. The van der Waals surface area contributed by atoms with E-state index in [0.29, 0.717) is 6.54 Å². The van der Waals surface area contributed by atoms with Crippen LogP contribution in [0.3, 0.4) is 0 Å². The summed E-state index contributed by atoms with van der Waals surface area (Å²) in [5.74, 6) is 0. The maximum atomic E-state index is 12.0. The number of hydrogen-bond donors (Lipinski definition) is 1. The Balaban J connectivity index is 2.73. The van der Waals surface area contributed by atoms with Gasteiger partial charge in [0, 0.05) is 33.9 Å². The lowest BCUT2D eigenvalue weighted by Crippen LogP contribution is -2.47. The minimum Gasteiger partial charge on any atom is -0.197 e. The Labute approximate surface area is 115 Å². The molecule has 0 aliphatic rings. The molecule has 1 aromatic heterocycles. The molecular formula is C10H17BrN2O2S2. The number of thiophene rings is 1. The molecule has 4 nitrogen and oxygen atoms in total. The first-order valence-electron chi connectivity index (χ1n) is 5.08. The van der Waals surface area contributed by atoms with E-state index in [2.05, 4.69) is 20.7 Å². The van der Waals surface area contributed by atoms with E-state index in [9.17, 15) is 8.42 Å². The first kappa shape index (κ1) is 15.1. The van der Waals surface area contributed by atoms with Gasteiger partial charge in [-0.05, 0) is 42.8 Å². The van der Waals surface area contributed by atoms with Crippen LogP contribution in [-0.2, 0) is 16.8 Å². The van der Waals surface area contributed by atoms with Gasteiger partial charge in [0.1, 0.15) is 0 Å². The van der Waals surface area contributed by atoms with Gasteiger partial charge in [0.2, 0.25) is 0 Å². The molecular weight excluding hydrogens is 324 g/mol. The zero-order chi connectivity index (χ0) is 13.3. The van der Waals surface area contributed by atoms with Crippen molar-refractivity contribution in [3.05, 3.63) is 20.8 Å². The highest BCUT2D eigenvalue weighted by Gasteiger charge is 2.24. The minimum absolute atomic E-state index is 0.377. The minimum atomic E-state index is -3.43. The van der Waals surface area contributed by atoms with E-state index in [1.807, 2.05) is 32.2 Å². The van der Waals surface area contributed by atoms with E-state index in [4.69, 9.17) is 0 Å². The van der Waals surface area contributed by atoms with Crippen LogP contribution < -0.4 is 4.72 Å². The highest BCUT2D eigenvalue weighted by Crippen LogP contribution is 2.21. The molecule has 0 fully saturated rings. The van der Waals surface area contributed by atoms with Crippen molar-refractivity contribution in [1.29, 1.82) is 0 Å². The first-order valence-corrected chi connectivity index (χ1v) is 8.19. The van der Waals surface area contributed by atoms with Crippen molar-refractivity contribution in [3.8, 4) is 0 Å². The summed E-state index contributed by atoms with van der Waals surface area (Å²) in [4.78, 5) is 0.999. The van der Waals surface area contributed by atoms with Crippen molar-refractivity contribution in [2.24, 2.45) is 0 Å². The van der Waals surface area contributed by atoms with Crippen LogP contribution in [0.15, 0.2) is 15.9 Å². The van der Waals surface area contributed by atoms with Crippen LogP contribution in [0.2, 0.25) is 0 Å². The van der Waals surface area contributed by atoms with Crippen molar-refractivity contribution in [1.82, 2.24) is 9.03 Å². The van der Waals surface area contributed by atoms with Gasteiger partial charge in [-0.15, -0.1) is 11.3 Å². The van der Waals surface area contributed by atoms with Gasteiger partial charge in [-0.25, -0.2) is 0 Å². The zero-order valence-electron chi connectivity index (χ0n) is 10.3. The molecule has 1 heterocycles. The third-order valence-corrected chi connectivity index (χ3v) is 5.35. The van der Waals surface area contributed by atoms with Crippen LogP contribution >= 0.6 is 27.3 Å². The van der Waals surface area contributed by atoms with Crippen LogP contribution in [0.25, 0.3) is 0 Å². The van der Waals surface area contributed by atoms with Gasteiger partial charge in [-0.2, -0.15) is 17.4 Å². The van der Waals surface area contributed by atoms with Crippen LogP contribution in [-0.4, -0.2) is 25.3 Å². The topological polar surface area (TPSA) is 49.4 Å². The molecule has 0 saturated heterocycles. The summed E-state index contributed by atoms with van der Waals surface area (Å²) in [6.07, 6.45) is 0. The van der Waals surface area contributed by atoms with E-state index in [0.717, 1.165) is 9.35 Å². The monoisotopic (exact) mass is 340 g/mol. The molecule has 0 atom stereocenters. The molecule has 98 valence electrons. The highest BCUT2D eigenvalue weighted by molar-refractivity contribution is 9.10. The smallest absolute Gasteiger partial charge is 0.197 e. The molecule has 0 aliphatic heterocycles. The summed E-state index contributed by atoms with van der Waals surface area (Å²) in [7, 11) is -1.86. The second-order valence-electron chi connectivity index (χ2n) is 4.84. The van der Waals surface area contributed by atoms with Crippen LogP contribution in [0.4, 0.5) is 0 Å². The Kier molecular flexibility index (Phi) is 4.76. The highest BCUT2D eigenvalue weighted by atomic mass is 79.9. The molecule has 0 radical (unpaired) electrons. The van der Waals surface area contributed by atoms with E-state index in [-0.39, 0.29) is 0 Å². The van der Waals surface area contributed by atoms with Crippen molar-refractivity contribution >= 4 is 37.5 Å². The van der Waals surface area contributed by atoms with Crippen LogP contribution in [0, 0.1) is 0 Å². The normalized spacial score (nSPS) is 13.3. The summed E-state index contributed by atoms with van der Waals surface area (Å²) < 4.78 is 28.8. The number of halogens is 1. The molecule has 0 aromatic carbocycles. The molecule has 0 saturated carbocycles. The first-order chi connectivity index (χ1) is 7.60. The van der Waals surface area contributed by atoms with Gasteiger partial charge in [-0.3, -0.25) is 0 Å². The van der Waals surface area contributed by atoms with Crippen LogP contribution in [0.1, 0.15) is 25.6 Å². The molecule has 0 spiro atoms. The number of nitrogens with zero attached hydrogens (tertiary/aromatic N) is 1. The average Bonchev–Trinajstić information content (AvgIpc) is 2.46. The van der Waals surface area contributed by atoms with Crippen molar-refractivity contribution in [2.75, 3.05) is 7.05 Å². The summed E-state index contributed by atoms with van der Waals surface area (Å²) in [6, 6.07) is 1.92. The van der Waals surface area contributed by atoms with Gasteiger partial charge < -0.3 is 0 Å². The Morgan fingerprint density at radius 3 is 2.47 bits per heavy atom. The summed E-state index contributed by atoms with van der Waals surface area (Å²) >= 11 is 4.88. The Bertz CT molecular complexity index is 477. The molecule has 0 amide bonds. The number of hydrogen-bond acceptors (Lipinski definition) is 3. The largest absolute Gasteiger partial charge is 0.280 e. The second-order valence-corrected chi connectivity index (χ2v) is 8.53. The van der Waals surface area contributed by atoms with Gasteiger partial charge >= 0.3 is 0 Å². The average molecular weight is 341 g/mol. The van der Waals surface area contributed by atoms with Crippen molar-refractivity contribution in [3.63, 3.8) is 0 Å². The van der Waals surface area contributed by atoms with Crippen molar-refractivity contribution in [2.45, 2.75) is 32.9 Å². The third-order valence-electron chi connectivity index (χ3n) is 1.85. The van der Waals surface area contributed by atoms with E-state index in [1.54, 1.807) is 7.05 Å². The Morgan fingerprint density at radius 2 is 2.06 bits per heavy atom. The van der Waals surface area contributed by atoms with Crippen LogP contribution in [0.5, 0.6) is 0 Å². The molecule has 0 unspecified atom stereocenters. The summed E-state index contributed by atoms with van der Waals surface area (Å²) in [6.45, 7) is 5.84. The SMILES string of the molecule is CN(Cc1cc(Br)cs1)S(=O)(=O)NC(C)(C)C. The quantitative estimate of drug-likeness (QED) is 0.915. The molecule has 0 aliphatic carbocycles. The Morgan fingerprint density at radius 1 is 1.47 bits per heavy atom. The van der Waals surface area contributed by atoms with E-state index < -0.39 is 15.7 Å². The third kappa shape index (κ3) is 5.05. The lowest BCUT2D eigenvalue weighted by molar-refractivity contribution is 0.422. The molecule has 0 bridgehead atoms. The molecule has 17 heavy (non-hydrogen) atoms. The van der Waals surface area contributed by atoms with E-state index >= 15 is 0 Å². The second kappa shape index (κ2) is 5.36. The maximum absolute atomic E-state index is 12.0. The molecule has 1 rings (SSSR count). The summed E-state index contributed by atoms with van der Waals surface area (Å²) in [5, 5.41) is 1.94. The zero-order valence-corrected chi connectivity index (χ0v) is 13.5. The molecule has 1 N–H and O–H groups in total. The van der Waals surface area contributed by atoms with Gasteiger partial charge in [-0.1, -0.05) is 0 Å². The van der Waals surface area contributed by atoms with Crippen molar-refractivity contribution < 1.29 is 8.42 Å². The van der Waals surface area contributed by atoms with Gasteiger partial charge in [0.05, 0.1) is 0 Å². The van der Waals surface area contributed by atoms with Gasteiger partial charge in [0.25, 0.3) is 10.2 Å². The molecule has 7 heteroatoms. The predicted octanol–water partition coefficient (Wildman–Crippen LogP) is 2.58. The van der Waals surface area contributed by atoms with E-state index in [1.165, 1.54) is 15.6 Å². The maximum Gasteiger partial charge on any atom is 0.280 e. The lowest BCUT2D eigenvalue weighted by Gasteiger charge is -2.25. The fourth-order valence-corrected chi connectivity index (χ4v) is 4.03. The summed E-state index contributed by atoms with van der Waals surface area (Å²) in [5.41, 5.74) is -0.469. The number of nitrogens with one attached hydrogen (secondary N) is 1. The Hall–Kier alpha value is 0.0500. The fourth-order valence-electron chi connectivity index (χ4n) is 1.21. The van der Waals surface area contributed by atoms with Gasteiger partial charge in [0.15, 0.2) is 0 Å². The fraction of sp³-hybridized carbons (Fsp3) is 0.600. The number of rotatable bonds is 4. The standard InChI is InChI=1S/C10H17BrN2O2S2/c1-10(2,3)12-17(14,15)13(4)6-9-5-8(11)7-16-9/h5,7,12H,6H2,1-4H3.